The molecule has 2 heterocycles. The highest BCUT2D eigenvalue weighted by atomic mass is 32.2. The molecule has 3 aromatic rings. The summed E-state index contributed by atoms with van der Waals surface area (Å²) in [4.78, 5) is 16.4. The highest BCUT2D eigenvalue weighted by Gasteiger charge is 2.25. The van der Waals surface area contributed by atoms with Crippen LogP contribution in [0.4, 0.5) is 5.69 Å². The molecule has 0 spiro atoms. The van der Waals surface area contributed by atoms with E-state index >= 15 is 0 Å². The van der Waals surface area contributed by atoms with Crippen molar-refractivity contribution in [3.63, 3.8) is 0 Å². The van der Waals surface area contributed by atoms with Crippen LogP contribution in [-0.4, -0.2) is 12.8 Å². The number of ketones is 1. The zero-order valence-corrected chi connectivity index (χ0v) is 13.6. The van der Waals surface area contributed by atoms with Crippen molar-refractivity contribution in [2.75, 3.05) is 11.9 Å². The number of carbonyl (C=O) groups excluding carboxylic acids is 1. The van der Waals surface area contributed by atoms with Crippen molar-refractivity contribution in [1.29, 1.82) is 0 Å². The van der Waals surface area contributed by atoms with Crippen molar-refractivity contribution in [2.24, 2.45) is 0 Å². The predicted octanol–water partition coefficient (Wildman–Crippen LogP) is 5.17. The molecule has 0 amide bonds. The van der Waals surface area contributed by atoms with Crippen LogP contribution in [0.2, 0.25) is 0 Å². The fourth-order valence-electron chi connectivity index (χ4n) is 2.68. The zero-order chi connectivity index (χ0) is 15.1. The van der Waals surface area contributed by atoms with Crippen molar-refractivity contribution in [3.8, 4) is 0 Å². The quantitative estimate of drug-likeness (QED) is 0.479. The molecule has 0 aliphatic carbocycles. The van der Waals surface area contributed by atoms with Crippen LogP contribution in [0, 0.1) is 0 Å². The van der Waals surface area contributed by atoms with Crippen molar-refractivity contribution < 1.29 is 4.79 Å². The molecule has 0 atom stereocenters. The van der Waals surface area contributed by atoms with Crippen molar-refractivity contribution in [3.05, 3.63) is 69.9 Å². The Morgan fingerprint density at radius 1 is 1.09 bits per heavy atom. The minimum Gasteiger partial charge on any atom is -0.338 e. The number of thiophene rings is 1. The number of thioether (sulfide) groups is 1. The summed E-state index contributed by atoms with van der Waals surface area (Å²) in [5, 5.41) is 5.35. The fourth-order valence-corrected chi connectivity index (χ4v) is 4.42. The van der Waals surface area contributed by atoms with Crippen LogP contribution in [-0.2, 0) is 0 Å². The number of carbonyl (C=O) groups is 1. The summed E-state index contributed by atoms with van der Waals surface area (Å²) >= 11 is 3.14. The van der Waals surface area contributed by atoms with E-state index in [2.05, 4.69) is 35.2 Å². The van der Waals surface area contributed by atoms with E-state index in [4.69, 9.17) is 0 Å². The summed E-state index contributed by atoms with van der Waals surface area (Å²) in [6.45, 7) is 0. The lowest BCUT2D eigenvalue weighted by Gasteiger charge is -2.15. The first-order chi connectivity index (χ1) is 10.7. The largest absolute Gasteiger partial charge is 0.338 e. The summed E-state index contributed by atoms with van der Waals surface area (Å²) in [6, 6.07) is 16.4. The molecule has 0 fully saturated rings. The van der Waals surface area contributed by atoms with E-state index in [-0.39, 0.29) is 5.78 Å². The van der Waals surface area contributed by atoms with Crippen LogP contribution in [0.5, 0.6) is 0 Å². The average molecular weight is 323 g/mol. The van der Waals surface area contributed by atoms with Gasteiger partial charge in [-0.25, -0.2) is 0 Å². The Balaban J connectivity index is 1.77. The van der Waals surface area contributed by atoms with Gasteiger partial charge in [0.1, 0.15) is 0 Å². The van der Waals surface area contributed by atoms with Gasteiger partial charge in [-0.1, -0.05) is 48.2 Å². The molecule has 4 rings (SSSR count). The molecule has 0 radical (unpaired) electrons. The first-order valence-electron chi connectivity index (χ1n) is 6.97. The number of allylic oxidation sites excluding steroid dienone is 1. The van der Waals surface area contributed by atoms with Gasteiger partial charge in [-0.2, -0.15) is 0 Å². The minimum atomic E-state index is 0.0708. The topological polar surface area (TPSA) is 20.3 Å². The Hall–Kier alpha value is -2.04. The maximum atomic E-state index is 12.3. The van der Waals surface area contributed by atoms with Crippen LogP contribution < -0.4 is 4.90 Å². The van der Waals surface area contributed by atoms with E-state index in [0.717, 1.165) is 9.91 Å². The number of nitrogens with zero attached hydrogens (tertiary/aromatic N) is 1. The summed E-state index contributed by atoms with van der Waals surface area (Å²) in [5.74, 6) is 0.0708. The van der Waals surface area contributed by atoms with Crippen LogP contribution >= 0.6 is 23.1 Å². The van der Waals surface area contributed by atoms with Gasteiger partial charge in [-0.3, -0.25) is 4.79 Å². The normalized spacial score (nSPS) is 15.5. The number of hydrogen-bond acceptors (Lipinski definition) is 4. The fraction of sp³-hybridized carbons (Fsp3) is 0.0556. The highest BCUT2D eigenvalue weighted by molar-refractivity contribution is 8.03. The van der Waals surface area contributed by atoms with E-state index in [1.54, 1.807) is 17.8 Å². The monoisotopic (exact) mass is 323 g/mol. The lowest BCUT2D eigenvalue weighted by molar-refractivity contribution is 0.105. The lowest BCUT2D eigenvalue weighted by atomic mass is 10.1. The van der Waals surface area contributed by atoms with Crippen molar-refractivity contribution in [2.45, 2.75) is 4.90 Å². The Morgan fingerprint density at radius 2 is 1.95 bits per heavy atom. The SMILES string of the molecule is CN1C(=CC(=O)c2cccs2)Sc2ccc3ccccc3c21. The van der Waals surface area contributed by atoms with Crippen LogP contribution in [0.25, 0.3) is 10.8 Å². The molecule has 22 heavy (non-hydrogen) atoms. The van der Waals surface area contributed by atoms with Gasteiger partial charge in [-0.15, -0.1) is 11.3 Å². The van der Waals surface area contributed by atoms with E-state index in [1.165, 1.54) is 32.7 Å². The van der Waals surface area contributed by atoms with E-state index < -0.39 is 0 Å². The number of benzene rings is 2. The molecule has 0 saturated carbocycles. The van der Waals surface area contributed by atoms with E-state index in [0.29, 0.717) is 0 Å². The summed E-state index contributed by atoms with van der Waals surface area (Å²) in [6.07, 6.45) is 1.74. The van der Waals surface area contributed by atoms with Gasteiger partial charge in [0.25, 0.3) is 0 Å². The van der Waals surface area contributed by atoms with Crippen molar-refractivity contribution in [1.82, 2.24) is 0 Å². The van der Waals surface area contributed by atoms with Gasteiger partial charge in [0.15, 0.2) is 5.78 Å². The predicted molar refractivity (Wildman–Crippen MR) is 94.9 cm³/mol. The molecule has 0 saturated heterocycles. The van der Waals surface area contributed by atoms with Gasteiger partial charge in [0.2, 0.25) is 0 Å². The van der Waals surface area contributed by atoms with Crippen LogP contribution in [0.1, 0.15) is 9.67 Å². The van der Waals surface area contributed by atoms with Crippen LogP contribution in [0.15, 0.2) is 69.9 Å². The molecule has 1 aliphatic heterocycles. The van der Waals surface area contributed by atoms with Crippen molar-refractivity contribution >= 4 is 45.3 Å². The summed E-state index contributed by atoms with van der Waals surface area (Å²) in [5.41, 5.74) is 1.19. The molecular weight excluding hydrogens is 310 g/mol. The highest BCUT2D eigenvalue weighted by Crippen LogP contribution is 2.48. The molecule has 0 bridgehead atoms. The standard InChI is InChI=1S/C18H13NOS2/c1-19-17(11-14(20)15-7-4-10-21-15)22-16-9-8-12-5-2-3-6-13(12)18(16)19/h2-11H,1H3. The average Bonchev–Trinajstić information content (AvgIpc) is 3.17. The second kappa shape index (κ2) is 5.30. The summed E-state index contributed by atoms with van der Waals surface area (Å²) in [7, 11) is 2.03. The summed E-state index contributed by atoms with van der Waals surface area (Å²) < 4.78 is 0. The first-order valence-corrected chi connectivity index (χ1v) is 8.66. The Bertz CT molecular complexity index is 897. The van der Waals surface area contributed by atoms with Gasteiger partial charge in [-0.05, 0) is 22.9 Å². The van der Waals surface area contributed by atoms with Gasteiger partial charge >= 0.3 is 0 Å². The van der Waals surface area contributed by atoms with Crippen LogP contribution in [0.3, 0.4) is 0 Å². The molecule has 2 nitrogen and oxygen atoms in total. The zero-order valence-electron chi connectivity index (χ0n) is 11.9. The van der Waals surface area contributed by atoms with Gasteiger partial charge < -0.3 is 4.90 Å². The molecule has 4 heteroatoms. The molecule has 0 unspecified atom stereocenters. The number of anilines is 1. The molecule has 108 valence electrons. The smallest absolute Gasteiger partial charge is 0.198 e. The number of hydrogen-bond donors (Lipinski definition) is 0. The number of fused-ring (bicyclic) bond motifs is 3. The van der Waals surface area contributed by atoms with Gasteiger partial charge in [0.05, 0.1) is 15.6 Å². The molecule has 2 aromatic carbocycles. The molecule has 0 N–H and O–H groups in total. The lowest BCUT2D eigenvalue weighted by Crippen LogP contribution is -2.11. The first kappa shape index (κ1) is 13.6. The maximum absolute atomic E-state index is 12.3. The maximum Gasteiger partial charge on any atom is 0.198 e. The third-order valence-electron chi connectivity index (χ3n) is 3.76. The Kier molecular flexibility index (Phi) is 3.28. The second-order valence-corrected chi connectivity index (χ2v) is 7.13. The number of rotatable bonds is 2. The molecular formula is C18H13NOS2. The third-order valence-corrected chi connectivity index (χ3v) is 5.80. The molecule has 1 aliphatic rings. The van der Waals surface area contributed by atoms with E-state index in [1.807, 2.05) is 30.6 Å². The third kappa shape index (κ3) is 2.16. The minimum absolute atomic E-state index is 0.0708. The Morgan fingerprint density at radius 3 is 2.77 bits per heavy atom. The van der Waals surface area contributed by atoms with Gasteiger partial charge in [0, 0.05) is 23.4 Å². The van der Waals surface area contributed by atoms with E-state index in [9.17, 15) is 4.79 Å². The molecule has 1 aromatic heterocycles. The Labute approximate surface area is 137 Å². The second-order valence-electron chi connectivity index (χ2n) is 5.12.